The number of aromatic nitrogens is 2. The van der Waals surface area contributed by atoms with Crippen LogP contribution in [0, 0.1) is 0 Å². The van der Waals surface area contributed by atoms with Gasteiger partial charge in [0.15, 0.2) is 6.61 Å². The van der Waals surface area contributed by atoms with Crippen molar-refractivity contribution in [2.24, 2.45) is 5.73 Å². The highest BCUT2D eigenvalue weighted by Gasteiger charge is 2.26. The lowest BCUT2D eigenvalue weighted by Crippen LogP contribution is -2.22. The number of anilines is 1. The van der Waals surface area contributed by atoms with Gasteiger partial charge in [-0.1, -0.05) is 0 Å². The second kappa shape index (κ2) is 7.20. The fraction of sp³-hybridized carbons (Fsp3) is 0.222. The van der Waals surface area contributed by atoms with Crippen LogP contribution in [0.15, 0.2) is 35.1 Å². The van der Waals surface area contributed by atoms with E-state index in [9.17, 15) is 9.59 Å². The van der Waals surface area contributed by atoms with Gasteiger partial charge in [0.25, 0.3) is 11.8 Å². The molecule has 3 N–H and O–H groups in total. The zero-order valence-corrected chi connectivity index (χ0v) is 15.0. The number of hydrogen-bond donors (Lipinski definition) is 2. The molecule has 8 nitrogen and oxygen atoms in total. The van der Waals surface area contributed by atoms with E-state index in [2.05, 4.69) is 15.5 Å². The second-order valence-electron chi connectivity index (χ2n) is 6.03. The van der Waals surface area contributed by atoms with Gasteiger partial charge in [-0.05, 0) is 49.1 Å². The van der Waals surface area contributed by atoms with Crippen molar-refractivity contribution in [2.75, 3.05) is 11.9 Å². The fourth-order valence-electron chi connectivity index (χ4n) is 3.06. The third-order valence-electron chi connectivity index (χ3n) is 4.25. The summed E-state index contributed by atoms with van der Waals surface area (Å²) in [5, 5.41) is 10.7. The summed E-state index contributed by atoms with van der Waals surface area (Å²) in [7, 11) is 0. The summed E-state index contributed by atoms with van der Waals surface area (Å²) in [6, 6.07) is 6.94. The quantitative estimate of drug-likeness (QED) is 0.673. The second-order valence-corrected chi connectivity index (χ2v) is 7.14. The van der Waals surface area contributed by atoms with Gasteiger partial charge in [0.2, 0.25) is 12.3 Å². The molecule has 0 saturated heterocycles. The number of nitrogens with one attached hydrogen (secondary N) is 1. The van der Waals surface area contributed by atoms with Crippen LogP contribution in [0.3, 0.4) is 0 Å². The Morgan fingerprint density at radius 1 is 1.26 bits per heavy atom. The SMILES string of the molecule is NC(=O)c1c(NC(=O)COc2ccc(-c3nnco3)cc2)sc2c1CCC2. The molecule has 0 spiro atoms. The molecule has 4 rings (SSSR count). The minimum absolute atomic E-state index is 0.180. The van der Waals surface area contributed by atoms with Crippen molar-refractivity contribution in [3.8, 4) is 17.2 Å². The van der Waals surface area contributed by atoms with Crippen molar-refractivity contribution in [1.29, 1.82) is 0 Å². The smallest absolute Gasteiger partial charge is 0.262 e. The van der Waals surface area contributed by atoms with Crippen LogP contribution in [-0.2, 0) is 17.6 Å². The van der Waals surface area contributed by atoms with Gasteiger partial charge in [-0.25, -0.2) is 0 Å². The number of primary amides is 1. The van der Waals surface area contributed by atoms with Gasteiger partial charge < -0.3 is 20.2 Å². The number of carbonyl (C=O) groups is 2. The molecule has 27 heavy (non-hydrogen) atoms. The predicted molar refractivity (Wildman–Crippen MR) is 98.7 cm³/mol. The number of fused-ring (bicyclic) bond motifs is 1. The van der Waals surface area contributed by atoms with Crippen LogP contribution in [0.5, 0.6) is 5.75 Å². The first-order valence-corrected chi connectivity index (χ1v) is 9.17. The number of aryl methyl sites for hydroxylation is 1. The molecule has 1 aromatic carbocycles. The molecule has 0 radical (unpaired) electrons. The molecule has 0 atom stereocenters. The number of hydrogen-bond acceptors (Lipinski definition) is 7. The van der Waals surface area contributed by atoms with E-state index in [1.165, 1.54) is 17.7 Å². The molecule has 0 unspecified atom stereocenters. The van der Waals surface area contributed by atoms with Crippen LogP contribution in [0.4, 0.5) is 5.00 Å². The van der Waals surface area contributed by atoms with Gasteiger partial charge in [-0.2, -0.15) is 0 Å². The van der Waals surface area contributed by atoms with Crippen LogP contribution >= 0.6 is 11.3 Å². The number of nitrogens with zero attached hydrogens (tertiary/aromatic N) is 2. The molecule has 2 amide bonds. The summed E-state index contributed by atoms with van der Waals surface area (Å²) < 4.78 is 10.6. The minimum atomic E-state index is -0.512. The van der Waals surface area contributed by atoms with Crippen molar-refractivity contribution in [3.63, 3.8) is 0 Å². The van der Waals surface area contributed by atoms with Crippen molar-refractivity contribution in [1.82, 2.24) is 10.2 Å². The highest BCUT2D eigenvalue weighted by atomic mass is 32.1. The molecule has 138 valence electrons. The van der Waals surface area contributed by atoms with Crippen LogP contribution < -0.4 is 15.8 Å². The lowest BCUT2D eigenvalue weighted by atomic mass is 10.1. The van der Waals surface area contributed by atoms with Crippen molar-refractivity contribution in [2.45, 2.75) is 19.3 Å². The van der Waals surface area contributed by atoms with E-state index in [1.54, 1.807) is 24.3 Å². The molecule has 2 heterocycles. The van der Waals surface area contributed by atoms with Crippen molar-refractivity contribution < 1.29 is 18.7 Å². The van der Waals surface area contributed by atoms with Crippen molar-refractivity contribution >= 4 is 28.2 Å². The Labute approximate surface area is 158 Å². The molecular weight excluding hydrogens is 368 g/mol. The number of nitrogens with two attached hydrogens (primary N) is 1. The summed E-state index contributed by atoms with van der Waals surface area (Å²) >= 11 is 1.42. The number of amides is 2. The van der Waals surface area contributed by atoms with E-state index in [1.807, 2.05) is 0 Å². The monoisotopic (exact) mass is 384 g/mol. The highest BCUT2D eigenvalue weighted by Crippen LogP contribution is 2.38. The molecular formula is C18H16N4O4S. The highest BCUT2D eigenvalue weighted by molar-refractivity contribution is 7.17. The summed E-state index contributed by atoms with van der Waals surface area (Å²) in [6.45, 7) is -0.180. The molecule has 0 saturated carbocycles. The third-order valence-corrected chi connectivity index (χ3v) is 5.46. The zero-order valence-electron chi connectivity index (χ0n) is 14.2. The number of carbonyl (C=O) groups excluding carboxylic acids is 2. The lowest BCUT2D eigenvalue weighted by Gasteiger charge is -2.08. The third kappa shape index (κ3) is 3.54. The molecule has 2 aromatic heterocycles. The maximum Gasteiger partial charge on any atom is 0.262 e. The molecule has 3 aromatic rings. The molecule has 1 aliphatic rings. The van der Waals surface area contributed by atoms with Crippen LogP contribution in [0.1, 0.15) is 27.2 Å². The average molecular weight is 384 g/mol. The summed E-state index contributed by atoms with van der Waals surface area (Å²) in [5.74, 6) is 0.0712. The van der Waals surface area contributed by atoms with E-state index >= 15 is 0 Å². The van der Waals surface area contributed by atoms with Gasteiger partial charge in [0, 0.05) is 10.4 Å². The predicted octanol–water partition coefficient (Wildman–Crippen LogP) is 2.40. The van der Waals surface area contributed by atoms with E-state index in [0.717, 1.165) is 35.3 Å². The normalized spacial score (nSPS) is 12.6. The first-order valence-electron chi connectivity index (χ1n) is 8.35. The molecule has 0 fully saturated rings. The lowest BCUT2D eigenvalue weighted by molar-refractivity contribution is -0.118. The van der Waals surface area contributed by atoms with Gasteiger partial charge in [0.05, 0.1) is 5.56 Å². The number of thiophene rings is 1. The minimum Gasteiger partial charge on any atom is -0.484 e. The van der Waals surface area contributed by atoms with Gasteiger partial charge in [-0.3, -0.25) is 9.59 Å². The maximum absolute atomic E-state index is 12.2. The largest absolute Gasteiger partial charge is 0.484 e. The average Bonchev–Trinajstić information content (AvgIpc) is 3.37. The molecule has 1 aliphatic carbocycles. The Morgan fingerprint density at radius 3 is 2.78 bits per heavy atom. The van der Waals surface area contributed by atoms with E-state index in [-0.39, 0.29) is 12.5 Å². The standard InChI is InChI=1S/C18H16N4O4S/c19-16(24)15-12-2-1-3-13(12)27-18(15)21-14(23)8-25-11-6-4-10(5-7-11)17-22-20-9-26-17/h4-7,9H,1-3,8H2,(H2,19,24)(H,21,23). The number of ether oxygens (including phenoxy) is 1. The Balaban J connectivity index is 1.38. The first-order chi connectivity index (χ1) is 13.1. The number of benzene rings is 1. The van der Waals surface area contributed by atoms with Crippen LogP contribution in [-0.4, -0.2) is 28.6 Å². The first kappa shape index (κ1) is 17.2. The van der Waals surface area contributed by atoms with Crippen LogP contribution in [0.2, 0.25) is 0 Å². The Kier molecular flexibility index (Phi) is 4.59. The summed E-state index contributed by atoms with van der Waals surface area (Å²) in [6.07, 6.45) is 4.01. The Morgan fingerprint density at radius 2 is 2.07 bits per heavy atom. The Hall–Kier alpha value is -3.20. The van der Waals surface area contributed by atoms with E-state index in [0.29, 0.717) is 22.2 Å². The van der Waals surface area contributed by atoms with E-state index < -0.39 is 5.91 Å². The van der Waals surface area contributed by atoms with Crippen molar-refractivity contribution in [3.05, 3.63) is 46.7 Å². The summed E-state index contributed by atoms with van der Waals surface area (Å²) in [4.78, 5) is 25.1. The van der Waals surface area contributed by atoms with Gasteiger partial charge in [-0.15, -0.1) is 21.5 Å². The topological polar surface area (TPSA) is 120 Å². The molecule has 0 aliphatic heterocycles. The molecule has 0 bridgehead atoms. The van der Waals surface area contributed by atoms with Crippen LogP contribution in [0.25, 0.3) is 11.5 Å². The number of rotatable bonds is 6. The van der Waals surface area contributed by atoms with Gasteiger partial charge >= 0.3 is 0 Å². The molecule has 9 heteroatoms. The Bertz CT molecular complexity index is 980. The van der Waals surface area contributed by atoms with E-state index in [4.69, 9.17) is 14.9 Å². The summed E-state index contributed by atoms with van der Waals surface area (Å²) in [5.41, 5.74) is 7.66. The zero-order chi connectivity index (χ0) is 18.8. The maximum atomic E-state index is 12.2. The van der Waals surface area contributed by atoms with Gasteiger partial charge in [0.1, 0.15) is 10.8 Å². The fourth-order valence-corrected chi connectivity index (χ4v) is 4.37.